The number of nitrogens with zero attached hydrogens (tertiary/aromatic N) is 2. The Bertz CT molecular complexity index is 1290. The fraction of sp³-hybridized carbons (Fsp3) is 0.345. The van der Waals surface area contributed by atoms with Gasteiger partial charge in [0.15, 0.2) is 5.76 Å². The number of carbonyl (C=O) groups is 2. The van der Waals surface area contributed by atoms with Crippen LogP contribution in [-0.2, 0) is 16.0 Å². The van der Waals surface area contributed by atoms with Crippen LogP contribution < -0.4 is 16.0 Å². The van der Waals surface area contributed by atoms with E-state index in [2.05, 4.69) is 15.2 Å². The number of halogens is 3. The predicted octanol–water partition coefficient (Wildman–Crippen LogP) is 5.03. The minimum atomic E-state index is -0.892. The molecule has 3 N–H and O–H groups in total. The van der Waals surface area contributed by atoms with Gasteiger partial charge in [0.2, 0.25) is 0 Å². The molecule has 4 rings (SSSR count). The minimum Gasteiger partial charge on any atom is -0.467 e. The summed E-state index contributed by atoms with van der Waals surface area (Å²) in [5.74, 6) is 1.04. The van der Waals surface area contributed by atoms with E-state index in [-0.39, 0.29) is 24.6 Å². The van der Waals surface area contributed by atoms with Crippen molar-refractivity contribution in [2.75, 3.05) is 36.9 Å². The molecule has 1 unspecified atom stereocenters. The van der Waals surface area contributed by atoms with Crippen molar-refractivity contribution < 1.29 is 18.7 Å². The number of benzene rings is 2. The van der Waals surface area contributed by atoms with Gasteiger partial charge in [0.05, 0.1) is 13.2 Å². The van der Waals surface area contributed by atoms with Crippen molar-refractivity contribution in [3.05, 3.63) is 77.6 Å². The van der Waals surface area contributed by atoms with Crippen molar-refractivity contribution in [3.63, 3.8) is 0 Å². The number of amidine groups is 1. The van der Waals surface area contributed by atoms with Crippen LogP contribution in [0.25, 0.3) is 11.3 Å². The lowest BCUT2D eigenvalue weighted by atomic mass is 10.0. The van der Waals surface area contributed by atoms with Crippen molar-refractivity contribution in [3.8, 4) is 11.3 Å². The van der Waals surface area contributed by atoms with Gasteiger partial charge in [-0.1, -0.05) is 36.4 Å². The summed E-state index contributed by atoms with van der Waals surface area (Å²) in [4.78, 5) is 32.0. The maximum Gasteiger partial charge on any atom is 0.328 e. The largest absolute Gasteiger partial charge is 0.467 e. The molecule has 11 heteroatoms. The number of alkyl halides is 2. The molecule has 1 heterocycles. The number of nitrogens with one attached hydrogen (secondary N) is 1. The summed E-state index contributed by atoms with van der Waals surface area (Å²) in [6, 6.07) is 17.9. The predicted molar refractivity (Wildman–Crippen MR) is 162 cm³/mol. The molecule has 1 aromatic heterocycles. The number of furan rings is 1. The number of nitrogens with two attached hydrogens (primary N) is 1. The second-order valence-corrected chi connectivity index (χ2v) is 10.0. The Kier molecular flexibility index (Phi) is 11.7. The fourth-order valence-electron chi connectivity index (χ4n) is 4.11. The van der Waals surface area contributed by atoms with Crippen LogP contribution in [0.5, 0.6) is 0 Å². The molecule has 0 saturated heterocycles. The molecule has 0 spiro atoms. The molecule has 1 aliphatic rings. The number of methoxy groups -OCH3 is 1. The van der Waals surface area contributed by atoms with Crippen LogP contribution >= 0.6 is 35.6 Å². The molecule has 0 bridgehead atoms. The van der Waals surface area contributed by atoms with Crippen molar-refractivity contribution in [1.29, 1.82) is 0 Å². The normalized spacial score (nSPS) is 13.7. The van der Waals surface area contributed by atoms with Crippen LogP contribution in [0, 0.1) is 0 Å². The number of anilines is 1. The molecular weight excluding hydrogens is 575 g/mol. The van der Waals surface area contributed by atoms with Gasteiger partial charge in [-0.2, -0.15) is 0 Å². The number of aliphatic imine (C=N–C) groups is 1. The number of amides is 1. The zero-order valence-electron chi connectivity index (χ0n) is 22.1. The van der Waals surface area contributed by atoms with Crippen LogP contribution in [-0.4, -0.2) is 61.8 Å². The zero-order valence-corrected chi connectivity index (χ0v) is 24.5. The van der Waals surface area contributed by atoms with Gasteiger partial charge in [0, 0.05) is 48.1 Å². The molecule has 40 heavy (non-hydrogen) atoms. The highest BCUT2D eigenvalue weighted by atomic mass is 35.5. The maximum absolute atomic E-state index is 13.0. The number of ether oxygens (including phenoxy) is 1. The molecule has 1 amide bonds. The first-order valence-electron chi connectivity index (χ1n) is 12.8. The summed E-state index contributed by atoms with van der Waals surface area (Å²) in [5.41, 5.74) is 9.54. The molecular formula is C29H33Cl3N4O4. The number of esters is 1. The van der Waals surface area contributed by atoms with Crippen LogP contribution in [0.15, 0.2) is 70.1 Å². The van der Waals surface area contributed by atoms with Crippen molar-refractivity contribution in [1.82, 2.24) is 5.32 Å². The van der Waals surface area contributed by atoms with Crippen LogP contribution in [0.1, 0.15) is 34.5 Å². The lowest BCUT2D eigenvalue weighted by Gasteiger charge is -2.23. The van der Waals surface area contributed by atoms with Crippen molar-refractivity contribution in [2.24, 2.45) is 10.7 Å². The Morgan fingerprint density at radius 2 is 1.70 bits per heavy atom. The first kappa shape index (κ1) is 31.3. The summed E-state index contributed by atoms with van der Waals surface area (Å²) in [7, 11) is 1.29. The average Bonchev–Trinajstić information content (AvgIpc) is 3.63. The summed E-state index contributed by atoms with van der Waals surface area (Å²) in [6.07, 6.45) is 2.42. The van der Waals surface area contributed by atoms with Gasteiger partial charge in [-0.3, -0.25) is 9.79 Å². The molecule has 0 radical (unpaired) electrons. The van der Waals surface area contributed by atoms with E-state index in [1.165, 1.54) is 7.11 Å². The number of carbonyl (C=O) groups excluding carboxylic acids is 2. The van der Waals surface area contributed by atoms with Gasteiger partial charge in [-0.05, 0) is 42.7 Å². The Hall–Kier alpha value is -3.20. The lowest BCUT2D eigenvalue weighted by Crippen LogP contribution is -2.43. The van der Waals surface area contributed by atoms with Crippen LogP contribution in [0.2, 0.25) is 0 Å². The summed E-state index contributed by atoms with van der Waals surface area (Å²) < 4.78 is 10.7. The van der Waals surface area contributed by atoms with E-state index in [1.54, 1.807) is 12.1 Å². The SMILES string of the molecule is COC(=O)C(Cc1ccc(N(CCCl)CCCl)cc1)NC(=O)c1ccc(-c2ccc(C(N)=NC3CC3)cc2)o1.Cl. The third-order valence-electron chi connectivity index (χ3n) is 6.40. The number of rotatable bonds is 13. The second kappa shape index (κ2) is 15.0. The molecule has 214 valence electrons. The van der Waals surface area contributed by atoms with Gasteiger partial charge in [-0.15, -0.1) is 35.6 Å². The highest BCUT2D eigenvalue weighted by Gasteiger charge is 2.25. The summed E-state index contributed by atoms with van der Waals surface area (Å²) >= 11 is 11.8. The Labute approximate surface area is 250 Å². The molecule has 0 aliphatic heterocycles. The summed E-state index contributed by atoms with van der Waals surface area (Å²) in [6.45, 7) is 1.35. The third-order valence-corrected chi connectivity index (χ3v) is 6.74. The average molecular weight is 608 g/mol. The van der Waals surface area contributed by atoms with Crippen LogP contribution in [0.4, 0.5) is 5.69 Å². The van der Waals surface area contributed by atoms with E-state index in [4.69, 9.17) is 38.1 Å². The topological polar surface area (TPSA) is 110 Å². The lowest BCUT2D eigenvalue weighted by molar-refractivity contribution is -0.142. The van der Waals surface area contributed by atoms with Gasteiger partial charge < -0.3 is 25.1 Å². The fourth-order valence-corrected chi connectivity index (χ4v) is 4.52. The van der Waals surface area contributed by atoms with Gasteiger partial charge in [0.1, 0.15) is 17.6 Å². The van der Waals surface area contributed by atoms with E-state index in [0.717, 1.165) is 35.2 Å². The number of hydrogen-bond donors (Lipinski definition) is 2. The maximum atomic E-state index is 13.0. The van der Waals surface area contributed by atoms with Gasteiger partial charge in [-0.25, -0.2) is 4.79 Å². The highest BCUT2D eigenvalue weighted by molar-refractivity contribution is 6.18. The highest BCUT2D eigenvalue weighted by Crippen LogP contribution is 2.25. The van der Waals surface area contributed by atoms with Crippen LogP contribution in [0.3, 0.4) is 0 Å². The standard InChI is InChI=1S/C29H32Cl2N4O4.ClH/c1-38-29(37)24(18-19-2-10-23(11-3-19)35(16-14-30)17-15-31)34-28(36)26-13-12-25(39-26)20-4-6-21(7-5-20)27(32)33-22-8-9-22;/h2-7,10-13,22,24H,8-9,14-18H2,1H3,(H2,32,33)(H,34,36);1H. The zero-order chi connectivity index (χ0) is 27.8. The molecule has 1 saturated carbocycles. The summed E-state index contributed by atoms with van der Waals surface area (Å²) in [5, 5.41) is 2.74. The Balaban J connectivity index is 0.00000441. The molecule has 3 aromatic rings. The van der Waals surface area contributed by atoms with E-state index >= 15 is 0 Å². The quantitative estimate of drug-likeness (QED) is 0.122. The Morgan fingerprint density at radius 3 is 2.27 bits per heavy atom. The number of hydrogen-bond acceptors (Lipinski definition) is 6. The van der Waals surface area contributed by atoms with E-state index in [0.29, 0.717) is 42.5 Å². The molecule has 1 fully saturated rings. The molecule has 8 nitrogen and oxygen atoms in total. The third kappa shape index (κ3) is 8.40. The van der Waals surface area contributed by atoms with E-state index in [1.807, 2.05) is 48.5 Å². The molecule has 1 atom stereocenters. The minimum absolute atomic E-state index is 0. The van der Waals surface area contributed by atoms with Gasteiger partial charge in [0.25, 0.3) is 5.91 Å². The van der Waals surface area contributed by atoms with Crippen molar-refractivity contribution in [2.45, 2.75) is 31.3 Å². The molecule has 1 aliphatic carbocycles. The first-order chi connectivity index (χ1) is 18.9. The van der Waals surface area contributed by atoms with E-state index in [9.17, 15) is 9.59 Å². The monoisotopic (exact) mass is 606 g/mol. The Morgan fingerprint density at radius 1 is 1.05 bits per heavy atom. The molecule has 2 aromatic carbocycles. The smallest absolute Gasteiger partial charge is 0.328 e. The first-order valence-corrected chi connectivity index (χ1v) is 13.9. The van der Waals surface area contributed by atoms with Gasteiger partial charge >= 0.3 is 5.97 Å². The van der Waals surface area contributed by atoms with E-state index < -0.39 is 17.9 Å². The second-order valence-electron chi connectivity index (χ2n) is 9.27. The van der Waals surface area contributed by atoms with Crippen molar-refractivity contribution >= 4 is 59.0 Å².